The van der Waals surface area contributed by atoms with Gasteiger partial charge in [-0.2, -0.15) is 0 Å². The molecular formula is C28H30N2O5. The van der Waals surface area contributed by atoms with Gasteiger partial charge in [0, 0.05) is 37.3 Å². The molecule has 4 rings (SSSR count). The Hall–Kier alpha value is -3.71. The van der Waals surface area contributed by atoms with Gasteiger partial charge in [0.15, 0.2) is 0 Å². The number of pyridine rings is 1. The van der Waals surface area contributed by atoms with Crippen LogP contribution in [0.25, 0.3) is 11.1 Å². The van der Waals surface area contributed by atoms with E-state index in [0.29, 0.717) is 43.5 Å². The van der Waals surface area contributed by atoms with Gasteiger partial charge in [0.1, 0.15) is 0 Å². The summed E-state index contributed by atoms with van der Waals surface area (Å²) in [5.74, 6) is -1.00. The Morgan fingerprint density at radius 2 is 1.60 bits per heavy atom. The predicted octanol–water partition coefficient (Wildman–Crippen LogP) is 3.76. The van der Waals surface area contributed by atoms with Gasteiger partial charge >= 0.3 is 5.97 Å². The number of carboxylic acids is 1. The van der Waals surface area contributed by atoms with E-state index in [4.69, 9.17) is 0 Å². The van der Waals surface area contributed by atoms with Crippen molar-refractivity contribution in [2.24, 2.45) is 0 Å². The Bertz CT molecular complexity index is 1250. The number of benzene rings is 2. The zero-order valence-corrected chi connectivity index (χ0v) is 19.8. The van der Waals surface area contributed by atoms with Crippen LogP contribution in [0.15, 0.2) is 77.7 Å². The molecule has 1 atom stereocenters. The van der Waals surface area contributed by atoms with Crippen LogP contribution in [-0.4, -0.2) is 50.2 Å². The highest BCUT2D eigenvalue weighted by molar-refractivity contribution is 5.95. The molecule has 182 valence electrons. The van der Waals surface area contributed by atoms with Crippen LogP contribution in [0.2, 0.25) is 0 Å². The van der Waals surface area contributed by atoms with Gasteiger partial charge in [0.05, 0.1) is 17.7 Å². The van der Waals surface area contributed by atoms with E-state index in [2.05, 4.69) is 0 Å². The normalized spacial score (nSPS) is 16.0. The third-order valence-electron chi connectivity index (χ3n) is 6.80. The zero-order valence-electron chi connectivity index (χ0n) is 19.8. The van der Waals surface area contributed by atoms with E-state index in [0.717, 1.165) is 5.56 Å². The summed E-state index contributed by atoms with van der Waals surface area (Å²) in [6, 6.07) is 20.1. The number of carbonyl (C=O) groups excluding carboxylic acids is 1. The third-order valence-corrected chi connectivity index (χ3v) is 6.80. The first kappa shape index (κ1) is 24.4. The lowest BCUT2D eigenvalue weighted by Crippen LogP contribution is -2.49. The molecule has 1 fully saturated rings. The number of aliphatic hydroxyl groups is 1. The van der Waals surface area contributed by atoms with Crippen LogP contribution in [0.3, 0.4) is 0 Å². The van der Waals surface area contributed by atoms with Crippen LogP contribution in [0.5, 0.6) is 0 Å². The van der Waals surface area contributed by atoms with Gasteiger partial charge in [-0.15, -0.1) is 0 Å². The van der Waals surface area contributed by atoms with E-state index in [1.165, 1.54) is 16.8 Å². The van der Waals surface area contributed by atoms with Crippen LogP contribution in [0, 0.1) is 0 Å². The molecule has 0 saturated carbocycles. The van der Waals surface area contributed by atoms with Gasteiger partial charge < -0.3 is 19.7 Å². The molecule has 3 aromatic rings. The van der Waals surface area contributed by atoms with Gasteiger partial charge in [-0.1, -0.05) is 67.6 Å². The number of piperidine rings is 1. The van der Waals surface area contributed by atoms with Crippen molar-refractivity contribution in [2.45, 2.75) is 44.2 Å². The monoisotopic (exact) mass is 474 g/mol. The molecule has 0 spiro atoms. The summed E-state index contributed by atoms with van der Waals surface area (Å²) in [6.07, 6.45) is 2.33. The SMILES string of the molecule is C[C@H](CC(=O)N1CCC(O)(Cn2cc(C(=O)O)c(-c3ccccc3)cc2=O)CC1)c1ccccc1. The number of carboxylic acid groups (broad SMARTS) is 1. The molecule has 0 aliphatic carbocycles. The van der Waals surface area contributed by atoms with Gasteiger partial charge in [-0.25, -0.2) is 4.79 Å². The topological polar surface area (TPSA) is 99.8 Å². The summed E-state index contributed by atoms with van der Waals surface area (Å²) in [5.41, 5.74) is 0.528. The molecule has 35 heavy (non-hydrogen) atoms. The highest BCUT2D eigenvalue weighted by Crippen LogP contribution is 2.28. The van der Waals surface area contributed by atoms with Crippen molar-refractivity contribution in [3.05, 3.63) is 94.4 Å². The van der Waals surface area contributed by atoms with Crippen molar-refractivity contribution in [1.29, 1.82) is 0 Å². The van der Waals surface area contributed by atoms with Crippen LogP contribution in [0.1, 0.15) is 48.0 Å². The molecule has 0 unspecified atom stereocenters. The lowest BCUT2D eigenvalue weighted by molar-refractivity contribution is -0.136. The average Bonchev–Trinajstić information content (AvgIpc) is 2.86. The smallest absolute Gasteiger partial charge is 0.337 e. The maximum absolute atomic E-state index is 12.8. The van der Waals surface area contributed by atoms with E-state index in [1.807, 2.05) is 43.3 Å². The van der Waals surface area contributed by atoms with Gasteiger partial charge in [0.2, 0.25) is 5.91 Å². The summed E-state index contributed by atoms with van der Waals surface area (Å²) in [5, 5.41) is 20.9. The molecule has 0 radical (unpaired) electrons. The number of carbonyl (C=O) groups is 2. The molecule has 7 nitrogen and oxygen atoms in total. The molecule has 1 aliphatic heterocycles. The lowest BCUT2D eigenvalue weighted by Gasteiger charge is -2.39. The number of hydrogen-bond acceptors (Lipinski definition) is 4. The fraction of sp³-hybridized carbons (Fsp3) is 0.321. The van der Waals surface area contributed by atoms with Crippen molar-refractivity contribution in [3.8, 4) is 11.1 Å². The van der Waals surface area contributed by atoms with Crippen LogP contribution in [-0.2, 0) is 11.3 Å². The van der Waals surface area contributed by atoms with Crippen LogP contribution < -0.4 is 5.56 Å². The second-order valence-electron chi connectivity index (χ2n) is 9.36. The van der Waals surface area contributed by atoms with Crippen molar-refractivity contribution in [1.82, 2.24) is 9.47 Å². The maximum Gasteiger partial charge on any atom is 0.337 e. The Balaban J connectivity index is 1.44. The van der Waals surface area contributed by atoms with Crippen molar-refractivity contribution >= 4 is 11.9 Å². The summed E-state index contributed by atoms with van der Waals surface area (Å²) in [4.78, 5) is 39.3. The number of nitrogens with zero attached hydrogens (tertiary/aromatic N) is 2. The van der Waals surface area contributed by atoms with E-state index < -0.39 is 11.6 Å². The van der Waals surface area contributed by atoms with Crippen molar-refractivity contribution in [3.63, 3.8) is 0 Å². The highest BCUT2D eigenvalue weighted by atomic mass is 16.4. The minimum absolute atomic E-state index is 0.00177. The summed E-state index contributed by atoms with van der Waals surface area (Å²) in [6.45, 7) is 2.78. The number of aromatic nitrogens is 1. The third kappa shape index (κ3) is 5.69. The number of likely N-dealkylation sites (tertiary alicyclic amines) is 1. The lowest BCUT2D eigenvalue weighted by atomic mass is 9.90. The largest absolute Gasteiger partial charge is 0.478 e. The molecule has 7 heteroatoms. The van der Waals surface area contributed by atoms with Gasteiger partial charge in [0.25, 0.3) is 5.56 Å². The Morgan fingerprint density at radius 3 is 2.20 bits per heavy atom. The molecular weight excluding hydrogens is 444 g/mol. The summed E-state index contributed by atoms with van der Waals surface area (Å²) in [7, 11) is 0. The standard InChI is InChI=1S/C28H30N2O5/c1-20(21-8-4-2-5-9-21)16-25(31)29-14-12-28(35,13-15-29)19-30-18-24(27(33)34)23(17-26(30)32)22-10-6-3-7-11-22/h2-11,17-18,20,35H,12-16,19H2,1H3,(H,33,34)/t20-/m1/s1. The zero-order chi connectivity index (χ0) is 25.0. The summed E-state index contributed by atoms with van der Waals surface area (Å²) >= 11 is 0. The average molecular weight is 475 g/mol. The first-order chi connectivity index (χ1) is 16.8. The second kappa shape index (κ2) is 10.3. The van der Waals surface area contributed by atoms with E-state index in [1.54, 1.807) is 29.2 Å². The Kier molecular flexibility index (Phi) is 7.17. The Morgan fingerprint density at radius 1 is 1.00 bits per heavy atom. The predicted molar refractivity (Wildman–Crippen MR) is 133 cm³/mol. The molecule has 2 aromatic carbocycles. The number of hydrogen-bond donors (Lipinski definition) is 2. The molecule has 1 aromatic heterocycles. The second-order valence-corrected chi connectivity index (χ2v) is 9.36. The molecule has 1 saturated heterocycles. The quantitative estimate of drug-likeness (QED) is 0.543. The first-order valence-electron chi connectivity index (χ1n) is 11.8. The van der Waals surface area contributed by atoms with Crippen molar-refractivity contribution in [2.75, 3.05) is 13.1 Å². The summed E-state index contributed by atoms with van der Waals surface area (Å²) < 4.78 is 1.27. The number of aromatic carboxylic acids is 1. The fourth-order valence-electron chi connectivity index (χ4n) is 4.66. The van der Waals surface area contributed by atoms with E-state index in [-0.39, 0.29) is 29.5 Å². The number of rotatable bonds is 7. The van der Waals surface area contributed by atoms with Crippen LogP contribution in [0.4, 0.5) is 0 Å². The first-order valence-corrected chi connectivity index (χ1v) is 11.8. The highest BCUT2D eigenvalue weighted by Gasteiger charge is 2.35. The fourth-order valence-corrected chi connectivity index (χ4v) is 4.66. The number of amides is 1. The van der Waals surface area contributed by atoms with Gasteiger partial charge in [-0.3, -0.25) is 9.59 Å². The molecule has 2 N–H and O–H groups in total. The Labute approximate surface area is 204 Å². The minimum Gasteiger partial charge on any atom is -0.478 e. The van der Waals surface area contributed by atoms with E-state index >= 15 is 0 Å². The molecule has 1 aliphatic rings. The maximum atomic E-state index is 12.8. The molecule has 2 heterocycles. The van der Waals surface area contributed by atoms with Crippen molar-refractivity contribution < 1.29 is 19.8 Å². The van der Waals surface area contributed by atoms with Crippen LogP contribution >= 0.6 is 0 Å². The molecule has 0 bridgehead atoms. The molecule has 1 amide bonds. The van der Waals surface area contributed by atoms with Gasteiger partial charge in [-0.05, 0) is 29.9 Å². The van der Waals surface area contributed by atoms with E-state index in [9.17, 15) is 24.6 Å². The minimum atomic E-state index is -1.20.